The molecule has 0 bridgehead atoms. The molecule has 2 aromatic heterocycles. The van der Waals surface area contributed by atoms with E-state index in [9.17, 15) is 0 Å². The van der Waals surface area contributed by atoms with Crippen molar-refractivity contribution < 1.29 is 5.11 Å². The highest BCUT2D eigenvalue weighted by molar-refractivity contribution is 9.08. The number of halogens is 1. The maximum Gasteiger partial charge on any atom is 0.204 e. The maximum absolute atomic E-state index is 7.00. The Morgan fingerprint density at radius 3 is 1.76 bits per heavy atom. The minimum absolute atomic E-state index is 0. The van der Waals surface area contributed by atoms with Crippen molar-refractivity contribution in [3.05, 3.63) is 59.7 Å². The topological polar surface area (TPSA) is 190 Å². The largest absolute Gasteiger partial charge is 0.400 e. The van der Waals surface area contributed by atoms with Crippen molar-refractivity contribution in [2.24, 2.45) is 5.73 Å². The molecule has 0 spiro atoms. The number of hydrogen-bond acceptors (Lipinski definition) is 9. The van der Waals surface area contributed by atoms with Crippen LogP contribution in [0.3, 0.4) is 0 Å². The molecule has 0 aliphatic heterocycles. The fourth-order valence-corrected chi connectivity index (χ4v) is 2.55. The number of aromatic amines is 2. The molecule has 0 amide bonds. The van der Waals surface area contributed by atoms with Crippen molar-refractivity contribution in [3.8, 4) is 22.8 Å². The third-order valence-electron chi connectivity index (χ3n) is 3.45. The summed E-state index contributed by atoms with van der Waals surface area (Å²) in [5.74, 6) is 1.22. The Labute approximate surface area is 175 Å². The number of aromatic nitrogens is 8. The normalized spacial score (nSPS) is 9.38. The first-order valence-corrected chi connectivity index (χ1v) is 9.28. The predicted molar refractivity (Wildman–Crippen MR) is 113 cm³/mol. The first-order chi connectivity index (χ1) is 13.8. The summed E-state index contributed by atoms with van der Waals surface area (Å²) in [7, 11) is 1.00. The van der Waals surface area contributed by atoms with Gasteiger partial charge < -0.3 is 17.0 Å². The Balaban J connectivity index is 0.000000259. The smallest absolute Gasteiger partial charge is 0.204 e. The average Bonchev–Trinajstić information content (AvgIpc) is 3.50. The van der Waals surface area contributed by atoms with Crippen LogP contribution in [0.1, 0.15) is 11.1 Å². The van der Waals surface area contributed by atoms with Gasteiger partial charge in [0.1, 0.15) is 0 Å². The van der Waals surface area contributed by atoms with E-state index in [0.29, 0.717) is 18.2 Å². The summed E-state index contributed by atoms with van der Waals surface area (Å²) >= 11 is 3.39. The lowest BCUT2D eigenvalue weighted by Crippen LogP contribution is -1.96. The third kappa shape index (κ3) is 7.12. The molecule has 0 aliphatic rings. The van der Waals surface area contributed by atoms with Crippen LogP contribution in [0.2, 0.25) is 0 Å². The van der Waals surface area contributed by atoms with Gasteiger partial charge in [-0.15, -0.1) is 20.4 Å². The lowest BCUT2D eigenvalue weighted by molar-refractivity contribution is 0.399. The number of rotatable bonds is 4. The number of nitrogens with zero attached hydrogens (tertiary/aromatic N) is 6. The molecule has 4 rings (SSSR count). The lowest BCUT2D eigenvalue weighted by atomic mass is 10.1. The molecule has 11 nitrogen and oxygen atoms in total. The number of H-pyrrole nitrogens is 2. The highest BCUT2D eigenvalue weighted by Gasteiger charge is 2.03. The Morgan fingerprint density at radius 1 is 0.862 bits per heavy atom. The SMILES string of the molecule is BrCc1cccc(-c2nn[nH]n2)c1.CO.N.NCc1cccc(-c2nn[nH]n2)c1. The molecule has 2 heterocycles. The molecule has 29 heavy (non-hydrogen) atoms. The second-order valence-electron chi connectivity index (χ2n) is 5.21. The average molecular weight is 463 g/mol. The van der Waals surface area contributed by atoms with Crippen molar-refractivity contribution in [3.63, 3.8) is 0 Å². The fourth-order valence-electron chi connectivity index (χ4n) is 2.20. The van der Waals surface area contributed by atoms with Gasteiger partial charge in [-0.2, -0.15) is 10.4 Å². The molecular weight excluding hydrogens is 440 g/mol. The monoisotopic (exact) mass is 462 g/mol. The Kier molecular flexibility index (Phi) is 10.9. The molecule has 0 aliphatic carbocycles. The number of hydrogen-bond donors (Lipinski definition) is 5. The van der Waals surface area contributed by atoms with E-state index in [4.69, 9.17) is 10.8 Å². The Morgan fingerprint density at radius 2 is 1.34 bits per heavy atom. The molecule has 2 aromatic carbocycles. The van der Waals surface area contributed by atoms with Crippen LogP contribution in [-0.2, 0) is 11.9 Å². The summed E-state index contributed by atoms with van der Waals surface area (Å²) in [6.07, 6.45) is 0. The van der Waals surface area contributed by atoms with Crippen molar-refractivity contribution in [2.75, 3.05) is 7.11 Å². The molecule has 0 saturated heterocycles. The molecule has 0 radical (unpaired) electrons. The van der Waals surface area contributed by atoms with Gasteiger partial charge in [-0.05, 0) is 33.7 Å². The van der Waals surface area contributed by atoms with Crippen LogP contribution < -0.4 is 11.9 Å². The highest BCUT2D eigenvalue weighted by Crippen LogP contribution is 2.16. The molecule has 4 aromatic rings. The number of benzene rings is 2. The van der Waals surface area contributed by atoms with E-state index >= 15 is 0 Å². The third-order valence-corrected chi connectivity index (χ3v) is 4.10. The van der Waals surface area contributed by atoms with Crippen molar-refractivity contribution in [2.45, 2.75) is 11.9 Å². The van der Waals surface area contributed by atoms with Crippen LogP contribution in [0.15, 0.2) is 48.5 Å². The number of tetrazole rings is 2. The molecule has 0 fully saturated rings. The van der Waals surface area contributed by atoms with Gasteiger partial charge in [-0.25, -0.2) is 0 Å². The van der Waals surface area contributed by atoms with Crippen LogP contribution in [0, 0.1) is 0 Å². The van der Waals surface area contributed by atoms with Crippen LogP contribution in [-0.4, -0.2) is 53.5 Å². The standard InChI is InChI=1S/C8H7BrN4.C8H9N5.CH4O.H3N/c2*9-5-6-2-1-3-7(4-6)8-10-12-13-11-8;1-2;/h1-4H,5H2,(H,10,11,12,13);1-4H,5,9H2,(H,10,11,12,13);2H,1H3;1H3. The fraction of sp³-hybridized carbons (Fsp3) is 0.176. The first kappa shape index (κ1) is 24.0. The van der Waals surface area contributed by atoms with Gasteiger partial charge in [-0.3, -0.25) is 0 Å². The minimum Gasteiger partial charge on any atom is -0.400 e. The number of nitrogens with one attached hydrogen (secondary N) is 2. The predicted octanol–water partition coefficient (Wildman–Crippen LogP) is 1.86. The van der Waals surface area contributed by atoms with Crippen molar-refractivity contribution in [1.29, 1.82) is 0 Å². The van der Waals surface area contributed by atoms with Gasteiger partial charge in [0.15, 0.2) is 0 Å². The lowest BCUT2D eigenvalue weighted by Gasteiger charge is -1.97. The second-order valence-corrected chi connectivity index (χ2v) is 5.77. The van der Waals surface area contributed by atoms with E-state index < -0.39 is 0 Å². The summed E-state index contributed by atoms with van der Waals surface area (Å²) in [4.78, 5) is 0. The van der Waals surface area contributed by atoms with Crippen molar-refractivity contribution in [1.82, 2.24) is 47.4 Å². The van der Waals surface area contributed by atoms with Crippen LogP contribution in [0.5, 0.6) is 0 Å². The quantitative estimate of drug-likeness (QED) is 0.281. The van der Waals surface area contributed by atoms with Crippen LogP contribution in [0.4, 0.5) is 0 Å². The van der Waals surface area contributed by atoms with Crippen molar-refractivity contribution >= 4 is 15.9 Å². The molecule has 0 saturated carbocycles. The van der Waals surface area contributed by atoms with Crippen LogP contribution >= 0.6 is 15.9 Å². The van der Waals surface area contributed by atoms with E-state index in [1.54, 1.807) is 0 Å². The molecule has 8 N–H and O–H groups in total. The van der Waals surface area contributed by atoms with Crippen LogP contribution in [0.25, 0.3) is 22.8 Å². The summed E-state index contributed by atoms with van der Waals surface area (Å²) in [6.45, 7) is 0.520. The Bertz CT molecular complexity index is 853. The zero-order valence-electron chi connectivity index (χ0n) is 15.8. The van der Waals surface area contributed by atoms with Gasteiger partial charge in [0, 0.05) is 30.1 Å². The zero-order valence-corrected chi connectivity index (χ0v) is 17.4. The zero-order chi connectivity index (χ0) is 20.2. The molecular formula is C17H23BrN10O. The molecule has 12 heteroatoms. The first-order valence-electron chi connectivity index (χ1n) is 8.16. The summed E-state index contributed by atoms with van der Waals surface area (Å²) < 4.78 is 0. The minimum atomic E-state index is 0. The van der Waals surface area contributed by atoms with Gasteiger partial charge in [-0.1, -0.05) is 52.3 Å². The molecule has 0 unspecified atom stereocenters. The number of alkyl halides is 1. The van der Waals surface area contributed by atoms with E-state index in [0.717, 1.165) is 29.1 Å². The second kappa shape index (κ2) is 13.2. The van der Waals surface area contributed by atoms with E-state index in [1.807, 2.05) is 48.5 Å². The van der Waals surface area contributed by atoms with E-state index in [1.165, 1.54) is 5.56 Å². The maximum atomic E-state index is 7.00. The van der Waals surface area contributed by atoms with E-state index in [-0.39, 0.29) is 6.15 Å². The van der Waals surface area contributed by atoms with Gasteiger partial charge in [0.2, 0.25) is 11.6 Å². The highest BCUT2D eigenvalue weighted by atomic mass is 79.9. The number of aliphatic hydroxyl groups excluding tert-OH is 1. The van der Waals surface area contributed by atoms with Gasteiger partial charge >= 0.3 is 0 Å². The number of aliphatic hydroxyl groups is 1. The summed E-state index contributed by atoms with van der Waals surface area (Å²) in [5.41, 5.74) is 9.67. The molecule has 154 valence electrons. The number of nitrogens with two attached hydrogens (primary N) is 1. The summed E-state index contributed by atoms with van der Waals surface area (Å²) in [5, 5.41) is 35.2. The Hall–Kier alpha value is -3.06. The van der Waals surface area contributed by atoms with Gasteiger partial charge in [0.25, 0.3) is 0 Å². The van der Waals surface area contributed by atoms with E-state index in [2.05, 4.69) is 57.2 Å². The summed E-state index contributed by atoms with van der Waals surface area (Å²) in [6, 6.07) is 15.8. The molecule has 0 atom stereocenters. The van der Waals surface area contributed by atoms with Gasteiger partial charge in [0.05, 0.1) is 0 Å².